The smallest absolute Gasteiger partial charge is 0.260 e. The third-order valence-corrected chi connectivity index (χ3v) is 4.08. The molecule has 1 fully saturated rings. The fraction of sp³-hybridized carbons (Fsp3) is 0.353. The summed E-state index contributed by atoms with van der Waals surface area (Å²) in [4.78, 5) is 23.7. The summed E-state index contributed by atoms with van der Waals surface area (Å²) in [5.41, 5.74) is 2.31. The molecule has 1 aliphatic carbocycles. The summed E-state index contributed by atoms with van der Waals surface area (Å²) in [7, 11) is 0. The second-order valence-corrected chi connectivity index (χ2v) is 6.20. The van der Waals surface area contributed by atoms with Gasteiger partial charge in [0.1, 0.15) is 5.92 Å². The average molecular weight is 348 g/mol. The predicted molar refractivity (Wildman–Crippen MR) is 87.0 cm³/mol. The highest BCUT2D eigenvalue weighted by Crippen LogP contribution is 2.48. The fourth-order valence-corrected chi connectivity index (χ4v) is 2.46. The highest BCUT2D eigenvalue weighted by Gasteiger charge is 2.61. The first-order valence-electron chi connectivity index (χ1n) is 7.92. The first-order chi connectivity index (χ1) is 11.9. The van der Waals surface area contributed by atoms with Gasteiger partial charge in [0.15, 0.2) is 0 Å². The van der Waals surface area contributed by atoms with Crippen LogP contribution < -0.4 is 10.6 Å². The maximum atomic E-state index is 12.8. The average Bonchev–Trinajstić information content (AvgIpc) is 3.01. The summed E-state index contributed by atoms with van der Waals surface area (Å²) in [6.45, 7) is 1.80. The highest BCUT2D eigenvalue weighted by molar-refractivity contribution is 5.95. The molecule has 3 N–H and O–H groups in total. The molecular formula is C17H18F2N4O2. The fourth-order valence-electron chi connectivity index (χ4n) is 2.46. The van der Waals surface area contributed by atoms with E-state index in [1.54, 1.807) is 43.6 Å². The number of aromatic amines is 1. The van der Waals surface area contributed by atoms with Gasteiger partial charge in [-0.15, -0.1) is 0 Å². The van der Waals surface area contributed by atoms with E-state index in [4.69, 9.17) is 0 Å². The van der Waals surface area contributed by atoms with Gasteiger partial charge in [-0.1, -0.05) is 12.1 Å². The van der Waals surface area contributed by atoms with Gasteiger partial charge < -0.3 is 10.6 Å². The van der Waals surface area contributed by atoms with Crippen molar-refractivity contribution >= 4 is 11.8 Å². The molecule has 2 unspecified atom stereocenters. The van der Waals surface area contributed by atoms with E-state index in [0.29, 0.717) is 5.56 Å². The zero-order valence-electron chi connectivity index (χ0n) is 13.6. The normalized spacial score (nSPS) is 19.1. The number of nitrogens with one attached hydrogen (secondary N) is 3. The Hall–Kier alpha value is -2.77. The first-order valence-corrected chi connectivity index (χ1v) is 7.92. The topological polar surface area (TPSA) is 86.9 Å². The van der Waals surface area contributed by atoms with Gasteiger partial charge in [-0.25, -0.2) is 8.78 Å². The molecule has 1 saturated carbocycles. The lowest BCUT2D eigenvalue weighted by atomic mass is 10.1. The molecule has 3 rings (SSSR count). The van der Waals surface area contributed by atoms with Gasteiger partial charge in [-0.05, 0) is 24.6 Å². The van der Waals surface area contributed by atoms with Crippen molar-refractivity contribution in [1.29, 1.82) is 0 Å². The Kier molecular flexibility index (Phi) is 4.52. The zero-order chi connectivity index (χ0) is 18.0. The molecule has 0 bridgehead atoms. The number of halogens is 2. The van der Waals surface area contributed by atoms with Crippen molar-refractivity contribution in [1.82, 2.24) is 20.8 Å². The van der Waals surface area contributed by atoms with E-state index in [1.165, 1.54) is 0 Å². The first kappa shape index (κ1) is 17.1. The van der Waals surface area contributed by atoms with E-state index in [0.717, 1.165) is 11.1 Å². The third kappa shape index (κ3) is 4.01. The van der Waals surface area contributed by atoms with E-state index < -0.39 is 24.2 Å². The molecule has 6 nitrogen and oxygen atoms in total. The Bertz CT molecular complexity index is 759. The number of hydrogen-bond acceptors (Lipinski definition) is 3. The molecule has 2 amide bonds. The van der Waals surface area contributed by atoms with Gasteiger partial charge in [0.2, 0.25) is 5.91 Å². The second-order valence-electron chi connectivity index (χ2n) is 6.20. The summed E-state index contributed by atoms with van der Waals surface area (Å²) in [6.07, 6.45) is 3.04. The number of benzene rings is 1. The Balaban J connectivity index is 1.49. The number of nitrogens with zero attached hydrogens (tertiary/aromatic N) is 1. The highest BCUT2D eigenvalue weighted by atomic mass is 19.3. The largest absolute Gasteiger partial charge is 0.354 e. The molecule has 0 aliphatic heterocycles. The number of rotatable bonds is 6. The molecule has 0 spiro atoms. The second kappa shape index (κ2) is 6.62. The van der Waals surface area contributed by atoms with Crippen LogP contribution in [0.4, 0.5) is 8.78 Å². The number of amides is 2. The third-order valence-electron chi connectivity index (χ3n) is 4.08. The molecule has 0 radical (unpaired) electrons. The van der Waals surface area contributed by atoms with Gasteiger partial charge >= 0.3 is 0 Å². The molecule has 1 aliphatic rings. The van der Waals surface area contributed by atoms with E-state index >= 15 is 0 Å². The molecule has 25 heavy (non-hydrogen) atoms. The van der Waals surface area contributed by atoms with Crippen LogP contribution in [-0.2, 0) is 4.79 Å². The van der Waals surface area contributed by atoms with Crippen molar-refractivity contribution in [2.75, 3.05) is 6.54 Å². The number of carbonyl (C=O) groups is 2. The van der Waals surface area contributed by atoms with E-state index in [2.05, 4.69) is 20.8 Å². The van der Waals surface area contributed by atoms with Crippen LogP contribution in [-0.4, -0.2) is 40.5 Å². The number of carbonyl (C=O) groups excluding carboxylic acids is 2. The van der Waals surface area contributed by atoms with Gasteiger partial charge in [0.25, 0.3) is 11.8 Å². The number of alkyl halides is 2. The molecule has 2 atom stereocenters. The molecule has 1 aromatic carbocycles. The van der Waals surface area contributed by atoms with Gasteiger partial charge in [0.05, 0.1) is 6.20 Å². The summed E-state index contributed by atoms with van der Waals surface area (Å²) in [5, 5.41) is 11.8. The van der Waals surface area contributed by atoms with Crippen molar-refractivity contribution in [2.24, 2.45) is 5.92 Å². The van der Waals surface area contributed by atoms with Gasteiger partial charge in [-0.2, -0.15) is 5.10 Å². The maximum Gasteiger partial charge on any atom is 0.260 e. The van der Waals surface area contributed by atoms with E-state index in [1.807, 2.05) is 0 Å². The van der Waals surface area contributed by atoms with Crippen LogP contribution in [0.5, 0.6) is 0 Å². The van der Waals surface area contributed by atoms with Crippen molar-refractivity contribution < 1.29 is 18.4 Å². The quantitative estimate of drug-likeness (QED) is 0.746. The van der Waals surface area contributed by atoms with E-state index in [-0.39, 0.29) is 18.5 Å². The summed E-state index contributed by atoms with van der Waals surface area (Å²) in [6, 6.07) is 6.61. The Morgan fingerprint density at radius 2 is 2.00 bits per heavy atom. The van der Waals surface area contributed by atoms with Crippen LogP contribution in [0.3, 0.4) is 0 Å². The number of aromatic nitrogens is 2. The SMILES string of the molecule is CC(CNC(=O)C1CC1(F)F)NC(=O)c1ccc(-c2cn[nH]c2)cc1. The van der Waals surface area contributed by atoms with Crippen molar-refractivity contribution in [3.05, 3.63) is 42.2 Å². The van der Waals surface area contributed by atoms with Crippen LogP contribution in [0.15, 0.2) is 36.7 Å². The minimum absolute atomic E-state index is 0.101. The Morgan fingerprint density at radius 1 is 1.32 bits per heavy atom. The number of H-pyrrole nitrogens is 1. The molecule has 1 heterocycles. The standard InChI is InChI=1S/C17H18F2N4O2/c1-10(7-20-16(25)14-6-17(14,18)19)23-15(24)12-4-2-11(3-5-12)13-8-21-22-9-13/h2-5,8-10,14H,6-7H2,1H3,(H,20,25)(H,21,22)(H,23,24). The molecule has 1 aromatic heterocycles. The molecule has 0 saturated heterocycles. The predicted octanol–water partition coefficient (Wildman–Crippen LogP) is 1.97. The van der Waals surface area contributed by atoms with Crippen LogP contribution >= 0.6 is 0 Å². The Labute approximate surface area is 143 Å². The minimum atomic E-state index is -2.88. The summed E-state index contributed by atoms with van der Waals surface area (Å²) in [5.74, 6) is -5.08. The lowest BCUT2D eigenvalue weighted by Crippen LogP contribution is -2.42. The summed E-state index contributed by atoms with van der Waals surface area (Å²) < 4.78 is 25.6. The van der Waals surface area contributed by atoms with Gasteiger partial charge in [0, 0.05) is 36.3 Å². The lowest BCUT2D eigenvalue weighted by Gasteiger charge is -2.15. The lowest BCUT2D eigenvalue weighted by molar-refractivity contribution is -0.124. The van der Waals surface area contributed by atoms with Crippen LogP contribution in [0.2, 0.25) is 0 Å². The molecule has 132 valence electrons. The molecule has 8 heteroatoms. The molecular weight excluding hydrogens is 330 g/mol. The van der Waals surface area contributed by atoms with Crippen LogP contribution in [0.25, 0.3) is 11.1 Å². The van der Waals surface area contributed by atoms with Crippen LogP contribution in [0.1, 0.15) is 23.7 Å². The Morgan fingerprint density at radius 3 is 2.56 bits per heavy atom. The monoisotopic (exact) mass is 348 g/mol. The maximum absolute atomic E-state index is 12.8. The van der Waals surface area contributed by atoms with Crippen molar-refractivity contribution in [3.8, 4) is 11.1 Å². The zero-order valence-corrected chi connectivity index (χ0v) is 13.6. The van der Waals surface area contributed by atoms with Crippen LogP contribution in [0, 0.1) is 5.92 Å². The van der Waals surface area contributed by atoms with E-state index in [9.17, 15) is 18.4 Å². The minimum Gasteiger partial charge on any atom is -0.354 e. The van der Waals surface area contributed by atoms with Crippen molar-refractivity contribution in [2.45, 2.75) is 25.3 Å². The number of hydrogen-bond donors (Lipinski definition) is 3. The van der Waals surface area contributed by atoms with Gasteiger partial charge in [-0.3, -0.25) is 14.7 Å². The summed E-state index contributed by atoms with van der Waals surface area (Å²) >= 11 is 0. The molecule has 2 aromatic rings. The van der Waals surface area contributed by atoms with Crippen molar-refractivity contribution in [3.63, 3.8) is 0 Å².